The molecular weight excluding hydrogens is 216 g/mol. The van der Waals surface area contributed by atoms with E-state index < -0.39 is 0 Å². The van der Waals surface area contributed by atoms with Crippen LogP contribution in [0.3, 0.4) is 0 Å². The Hall–Kier alpha value is 0. The number of unbranched alkanes of at least 4 members (excludes halogenated alkanes) is 8. The van der Waals surface area contributed by atoms with Gasteiger partial charge in [0.25, 0.3) is 0 Å². The van der Waals surface area contributed by atoms with Gasteiger partial charge in [-0.15, -0.1) is 0 Å². The van der Waals surface area contributed by atoms with Gasteiger partial charge in [-0.1, -0.05) is 111 Å². The van der Waals surface area contributed by atoms with E-state index in [1.54, 1.807) is 0 Å². The van der Waals surface area contributed by atoms with Crippen molar-refractivity contribution >= 4 is 0 Å². The molecule has 0 aliphatic rings. The molecule has 0 amide bonds. The van der Waals surface area contributed by atoms with E-state index >= 15 is 0 Å². The Bertz CT molecular complexity index is 139. The zero-order chi connectivity index (χ0) is 13.5. The van der Waals surface area contributed by atoms with Crippen molar-refractivity contribution in [1.29, 1.82) is 0 Å². The molecule has 0 N–H and O–H groups in total. The van der Waals surface area contributed by atoms with Gasteiger partial charge in [0.1, 0.15) is 0 Å². The summed E-state index contributed by atoms with van der Waals surface area (Å²) in [5.74, 6) is 1.02. The molecule has 0 heterocycles. The molecule has 0 aromatic carbocycles. The van der Waals surface area contributed by atoms with Crippen LogP contribution in [0.15, 0.2) is 0 Å². The van der Waals surface area contributed by atoms with Crippen molar-refractivity contribution in [2.24, 2.45) is 5.92 Å². The largest absolute Gasteiger partial charge is 0.0654 e. The molecule has 18 heavy (non-hydrogen) atoms. The minimum atomic E-state index is 1.02. The summed E-state index contributed by atoms with van der Waals surface area (Å²) in [6.07, 6.45) is 19.8. The average molecular weight is 253 g/mol. The lowest BCUT2D eigenvalue weighted by molar-refractivity contribution is 0.374. The van der Waals surface area contributed by atoms with Gasteiger partial charge in [-0.3, -0.25) is 0 Å². The quantitative estimate of drug-likeness (QED) is 0.294. The molecule has 0 aliphatic heterocycles. The zero-order valence-corrected chi connectivity index (χ0v) is 13.2. The summed E-state index contributed by atoms with van der Waals surface area (Å²) in [7, 11) is 0. The summed E-state index contributed by atoms with van der Waals surface area (Å²) in [6, 6.07) is 0. The average Bonchev–Trinajstić information content (AvgIpc) is 2.39. The topological polar surface area (TPSA) is 0 Å². The predicted molar refractivity (Wildman–Crippen MR) is 84.8 cm³/mol. The third kappa shape index (κ3) is 12.5. The van der Waals surface area contributed by atoms with Gasteiger partial charge in [-0.2, -0.15) is 0 Å². The lowest BCUT2D eigenvalue weighted by atomic mass is 9.90. The van der Waals surface area contributed by atoms with Crippen LogP contribution in [0.25, 0.3) is 0 Å². The first-order chi connectivity index (χ1) is 8.85. The second-order valence-electron chi connectivity index (χ2n) is 5.91. The van der Waals surface area contributed by atoms with Crippen molar-refractivity contribution in [3.8, 4) is 0 Å². The van der Waals surface area contributed by atoms with Crippen LogP contribution in [0.4, 0.5) is 0 Å². The molecule has 0 aromatic heterocycles. The summed E-state index contributed by atoms with van der Waals surface area (Å²) >= 11 is 0. The fourth-order valence-corrected chi connectivity index (χ4v) is 2.75. The fourth-order valence-electron chi connectivity index (χ4n) is 2.75. The summed E-state index contributed by atoms with van der Waals surface area (Å²) in [5, 5.41) is 0. The third-order valence-corrected chi connectivity index (χ3v) is 4.04. The van der Waals surface area contributed by atoms with Crippen LogP contribution in [0.2, 0.25) is 0 Å². The van der Waals surface area contributed by atoms with E-state index in [0.29, 0.717) is 0 Å². The maximum absolute atomic E-state index is 3.95. The van der Waals surface area contributed by atoms with Crippen LogP contribution in [0.1, 0.15) is 104 Å². The molecule has 0 spiro atoms. The van der Waals surface area contributed by atoms with Gasteiger partial charge >= 0.3 is 0 Å². The molecule has 1 radical (unpaired) electrons. The number of hydrogen-bond donors (Lipinski definition) is 0. The van der Waals surface area contributed by atoms with Crippen molar-refractivity contribution < 1.29 is 0 Å². The van der Waals surface area contributed by atoms with Crippen LogP contribution in [-0.4, -0.2) is 0 Å². The molecule has 109 valence electrons. The van der Waals surface area contributed by atoms with E-state index in [9.17, 15) is 0 Å². The highest BCUT2D eigenvalue weighted by Gasteiger charge is 2.07. The maximum Gasteiger partial charge on any atom is -0.0414 e. The molecule has 0 nitrogen and oxygen atoms in total. The number of hydrogen-bond acceptors (Lipinski definition) is 0. The predicted octanol–water partition coefficient (Wildman–Crippen LogP) is 6.94. The highest BCUT2D eigenvalue weighted by Crippen LogP contribution is 2.23. The zero-order valence-electron chi connectivity index (χ0n) is 13.2. The van der Waals surface area contributed by atoms with Crippen LogP contribution in [-0.2, 0) is 0 Å². The monoisotopic (exact) mass is 253 g/mol. The molecular formula is C18H37. The second-order valence-corrected chi connectivity index (χ2v) is 5.91. The maximum atomic E-state index is 3.95. The van der Waals surface area contributed by atoms with E-state index in [1.807, 2.05) is 0 Å². The SMILES string of the molecule is [CH2]CCCCC(CCCC)CCCCCCCC. The third-order valence-electron chi connectivity index (χ3n) is 4.04. The normalized spacial score (nSPS) is 12.8. The molecule has 1 unspecified atom stereocenters. The van der Waals surface area contributed by atoms with Crippen LogP contribution >= 0.6 is 0 Å². The molecule has 0 aliphatic carbocycles. The summed E-state index contributed by atoms with van der Waals surface area (Å²) in [5.41, 5.74) is 0. The van der Waals surface area contributed by atoms with Gasteiger partial charge < -0.3 is 0 Å². The molecule has 0 fully saturated rings. The van der Waals surface area contributed by atoms with Crippen molar-refractivity contribution in [3.63, 3.8) is 0 Å². The first-order valence-electron chi connectivity index (χ1n) is 8.64. The molecule has 1 atom stereocenters. The van der Waals surface area contributed by atoms with Gasteiger partial charge in [0, 0.05) is 0 Å². The minimum absolute atomic E-state index is 1.02. The Balaban J connectivity index is 3.51. The van der Waals surface area contributed by atoms with Gasteiger partial charge in [0.05, 0.1) is 0 Å². The Morgan fingerprint density at radius 3 is 1.72 bits per heavy atom. The van der Waals surface area contributed by atoms with Crippen LogP contribution in [0.5, 0.6) is 0 Å². The van der Waals surface area contributed by atoms with Crippen LogP contribution in [0, 0.1) is 12.8 Å². The molecule has 0 bridgehead atoms. The lowest BCUT2D eigenvalue weighted by Crippen LogP contribution is -2.01. The first kappa shape index (κ1) is 18.0. The Labute approximate surface area is 117 Å². The van der Waals surface area contributed by atoms with E-state index in [2.05, 4.69) is 20.8 Å². The highest BCUT2D eigenvalue weighted by atomic mass is 14.1. The highest BCUT2D eigenvalue weighted by molar-refractivity contribution is 4.61. The summed E-state index contributed by atoms with van der Waals surface area (Å²) in [4.78, 5) is 0. The minimum Gasteiger partial charge on any atom is -0.0654 e. The Morgan fingerprint density at radius 1 is 0.611 bits per heavy atom. The molecule has 0 saturated carbocycles. The van der Waals surface area contributed by atoms with Gasteiger partial charge in [-0.25, -0.2) is 0 Å². The van der Waals surface area contributed by atoms with Crippen molar-refractivity contribution in [2.75, 3.05) is 0 Å². The first-order valence-corrected chi connectivity index (χ1v) is 8.64. The molecule has 0 aromatic rings. The van der Waals surface area contributed by atoms with Gasteiger partial charge in [0.2, 0.25) is 0 Å². The smallest absolute Gasteiger partial charge is 0.0414 e. The van der Waals surface area contributed by atoms with E-state index in [4.69, 9.17) is 0 Å². The van der Waals surface area contributed by atoms with Crippen molar-refractivity contribution in [1.82, 2.24) is 0 Å². The Morgan fingerprint density at radius 2 is 1.11 bits per heavy atom. The standard InChI is InChI=1S/C18H37/c1-4-7-10-11-12-14-17-18(15-9-6-3)16-13-8-5-2/h18H,2,4-17H2,1,3H3. The summed E-state index contributed by atoms with van der Waals surface area (Å²) < 4.78 is 0. The molecule has 0 saturated heterocycles. The fraction of sp³-hybridized carbons (Fsp3) is 0.944. The Kier molecular flexibility index (Phi) is 15.1. The van der Waals surface area contributed by atoms with E-state index in [0.717, 1.165) is 12.3 Å². The van der Waals surface area contributed by atoms with E-state index in [1.165, 1.54) is 83.5 Å². The van der Waals surface area contributed by atoms with E-state index in [-0.39, 0.29) is 0 Å². The van der Waals surface area contributed by atoms with Crippen LogP contribution < -0.4 is 0 Å². The lowest BCUT2D eigenvalue weighted by Gasteiger charge is -2.16. The molecule has 0 rings (SSSR count). The number of rotatable bonds is 14. The van der Waals surface area contributed by atoms with Crippen molar-refractivity contribution in [2.45, 2.75) is 104 Å². The summed E-state index contributed by atoms with van der Waals surface area (Å²) in [6.45, 7) is 8.56. The van der Waals surface area contributed by atoms with Gasteiger partial charge in [0.15, 0.2) is 0 Å². The van der Waals surface area contributed by atoms with Crippen molar-refractivity contribution in [3.05, 3.63) is 6.92 Å². The second kappa shape index (κ2) is 15.1. The van der Waals surface area contributed by atoms with Gasteiger partial charge in [-0.05, 0) is 5.92 Å². The molecule has 0 heteroatoms.